The lowest BCUT2D eigenvalue weighted by molar-refractivity contribution is 0.0696. The van der Waals surface area contributed by atoms with E-state index in [1.54, 1.807) is 12.1 Å². The number of carboxylic acids is 1. The number of carbonyl (C=O) groups is 1. The predicted molar refractivity (Wildman–Crippen MR) is 78.5 cm³/mol. The molecule has 1 unspecified atom stereocenters. The van der Waals surface area contributed by atoms with Gasteiger partial charge in [-0.1, -0.05) is 0 Å². The topological polar surface area (TPSA) is 83.9 Å². The van der Waals surface area contributed by atoms with E-state index in [1.165, 1.54) is 13.2 Å². The molecule has 0 aliphatic carbocycles. The van der Waals surface area contributed by atoms with Gasteiger partial charge in [0, 0.05) is 24.7 Å². The van der Waals surface area contributed by atoms with Crippen molar-refractivity contribution in [2.24, 2.45) is 0 Å². The van der Waals surface area contributed by atoms with E-state index in [4.69, 9.17) is 9.84 Å². The van der Waals surface area contributed by atoms with Crippen LogP contribution in [-0.2, 0) is 16.4 Å². The third-order valence-electron chi connectivity index (χ3n) is 3.71. The summed E-state index contributed by atoms with van der Waals surface area (Å²) in [5, 5.41) is 9.07. The smallest absolute Gasteiger partial charge is 0.335 e. The lowest BCUT2D eigenvalue weighted by atomic mass is 10.1. The van der Waals surface area contributed by atoms with Crippen molar-refractivity contribution in [1.29, 1.82) is 0 Å². The Morgan fingerprint density at radius 3 is 2.76 bits per heavy atom. The molecule has 6 nitrogen and oxygen atoms in total. The first-order chi connectivity index (χ1) is 9.82. The number of nitrogens with zero attached hydrogens (tertiary/aromatic N) is 1. The molecule has 0 bridgehead atoms. The van der Waals surface area contributed by atoms with Gasteiger partial charge in [0.05, 0.1) is 24.2 Å². The summed E-state index contributed by atoms with van der Waals surface area (Å²) in [5.74, 6) is -0.111. The van der Waals surface area contributed by atoms with E-state index >= 15 is 0 Å². The third kappa shape index (κ3) is 3.74. The lowest BCUT2D eigenvalue weighted by Crippen LogP contribution is -2.46. The van der Waals surface area contributed by atoms with Crippen molar-refractivity contribution in [3.8, 4) is 5.75 Å². The number of sulfone groups is 1. The van der Waals surface area contributed by atoms with E-state index in [0.29, 0.717) is 18.8 Å². The molecule has 0 spiro atoms. The molecule has 1 N–H and O–H groups in total. The molecular formula is C14H19NO5S. The van der Waals surface area contributed by atoms with Gasteiger partial charge in [-0.05, 0) is 25.1 Å². The monoisotopic (exact) mass is 313 g/mol. The fourth-order valence-electron chi connectivity index (χ4n) is 2.52. The highest BCUT2D eigenvalue weighted by atomic mass is 32.2. The number of carboxylic acid groups (broad SMARTS) is 1. The lowest BCUT2D eigenvalue weighted by Gasteiger charge is -2.33. The van der Waals surface area contributed by atoms with Crippen molar-refractivity contribution in [2.45, 2.75) is 19.5 Å². The normalized spacial score (nSPS) is 21.9. The maximum absolute atomic E-state index is 11.6. The number of benzene rings is 1. The molecule has 116 valence electrons. The highest BCUT2D eigenvalue weighted by molar-refractivity contribution is 7.91. The maximum Gasteiger partial charge on any atom is 0.335 e. The van der Waals surface area contributed by atoms with Gasteiger partial charge in [-0.15, -0.1) is 0 Å². The molecule has 1 aromatic carbocycles. The molecule has 1 aliphatic rings. The molecular weight excluding hydrogens is 294 g/mol. The molecule has 21 heavy (non-hydrogen) atoms. The Labute approximate surface area is 124 Å². The Morgan fingerprint density at radius 2 is 2.19 bits per heavy atom. The minimum absolute atomic E-state index is 0.0954. The van der Waals surface area contributed by atoms with Crippen LogP contribution in [0, 0.1) is 0 Å². The van der Waals surface area contributed by atoms with Gasteiger partial charge in [0.1, 0.15) is 5.75 Å². The van der Waals surface area contributed by atoms with Gasteiger partial charge in [-0.2, -0.15) is 0 Å². The van der Waals surface area contributed by atoms with Crippen LogP contribution in [0.5, 0.6) is 5.75 Å². The van der Waals surface area contributed by atoms with Crippen molar-refractivity contribution in [2.75, 3.05) is 25.2 Å². The van der Waals surface area contributed by atoms with E-state index in [9.17, 15) is 13.2 Å². The van der Waals surface area contributed by atoms with Crippen LogP contribution in [-0.4, -0.2) is 55.6 Å². The van der Waals surface area contributed by atoms with Gasteiger partial charge in [-0.25, -0.2) is 13.2 Å². The average molecular weight is 313 g/mol. The van der Waals surface area contributed by atoms with E-state index in [1.807, 2.05) is 11.8 Å². The highest BCUT2D eigenvalue weighted by Crippen LogP contribution is 2.24. The molecule has 1 aliphatic heterocycles. The molecule has 1 aromatic rings. The van der Waals surface area contributed by atoms with Crippen molar-refractivity contribution < 1.29 is 23.1 Å². The summed E-state index contributed by atoms with van der Waals surface area (Å²) in [7, 11) is -1.43. The van der Waals surface area contributed by atoms with Gasteiger partial charge in [0.2, 0.25) is 0 Å². The zero-order valence-electron chi connectivity index (χ0n) is 12.1. The molecule has 1 saturated heterocycles. The van der Waals surface area contributed by atoms with Crippen LogP contribution in [0.1, 0.15) is 22.8 Å². The number of hydrogen-bond acceptors (Lipinski definition) is 5. The largest absolute Gasteiger partial charge is 0.496 e. The Kier molecular flexibility index (Phi) is 4.53. The summed E-state index contributed by atoms with van der Waals surface area (Å²) < 4.78 is 28.5. The summed E-state index contributed by atoms with van der Waals surface area (Å²) in [6, 6.07) is 4.61. The summed E-state index contributed by atoms with van der Waals surface area (Å²) in [6.45, 7) is 2.79. The van der Waals surface area contributed by atoms with Crippen LogP contribution in [0.4, 0.5) is 0 Å². The molecule has 0 amide bonds. The van der Waals surface area contributed by atoms with Crippen LogP contribution in [0.15, 0.2) is 18.2 Å². The zero-order valence-corrected chi connectivity index (χ0v) is 12.9. The van der Waals surface area contributed by atoms with Crippen molar-refractivity contribution in [3.63, 3.8) is 0 Å². The van der Waals surface area contributed by atoms with E-state index in [-0.39, 0.29) is 23.1 Å². The first-order valence-corrected chi connectivity index (χ1v) is 8.49. The quantitative estimate of drug-likeness (QED) is 0.893. The second-order valence-corrected chi connectivity index (χ2v) is 7.49. The fraction of sp³-hybridized carbons (Fsp3) is 0.500. The Bertz CT molecular complexity index is 641. The number of aromatic carboxylic acids is 1. The molecule has 7 heteroatoms. The van der Waals surface area contributed by atoms with Crippen LogP contribution < -0.4 is 4.74 Å². The van der Waals surface area contributed by atoms with E-state index in [2.05, 4.69) is 0 Å². The van der Waals surface area contributed by atoms with Crippen LogP contribution in [0.3, 0.4) is 0 Å². The van der Waals surface area contributed by atoms with Crippen LogP contribution >= 0.6 is 0 Å². The molecule has 0 saturated carbocycles. The minimum Gasteiger partial charge on any atom is -0.496 e. The average Bonchev–Trinajstić information content (AvgIpc) is 2.41. The zero-order chi connectivity index (χ0) is 15.6. The summed E-state index contributed by atoms with van der Waals surface area (Å²) in [4.78, 5) is 13.1. The molecule has 0 aromatic heterocycles. The Morgan fingerprint density at radius 1 is 1.48 bits per heavy atom. The van der Waals surface area contributed by atoms with Crippen molar-refractivity contribution in [1.82, 2.24) is 4.90 Å². The first-order valence-electron chi connectivity index (χ1n) is 6.67. The highest BCUT2D eigenvalue weighted by Gasteiger charge is 2.28. The first kappa shape index (κ1) is 15.8. The molecule has 0 radical (unpaired) electrons. The fourth-order valence-corrected chi connectivity index (χ4v) is 4.15. The molecule has 1 fully saturated rings. The van der Waals surface area contributed by atoms with Crippen LogP contribution in [0.2, 0.25) is 0 Å². The Balaban J connectivity index is 2.22. The number of hydrogen-bond donors (Lipinski definition) is 1. The van der Waals surface area contributed by atoms with E-state index < -0.39 is 15.8 Å². The summed E-state index contributed by atoms with van der Waals surface area (Å²) >= 11 is 0. The van der Waals surface area contributed by atoms with Crippen LogP contribution in [0.25, 0.3) is 0 Å². The van der Waals surface area contributed by atoms with Gasteiger partial charge >= 0.3 is 5.97 Å². The number of ether oxygens (including phenoxy) is 1. The second kappa shape index (κ2) is 6.03. The van der Waals surface area contributed by atoms with Gasteiger partial charge in [0.25, 0.3) is 0 Å². The van der Waals surface area contributed by atoms with E-state index in [0.717, 1.165) is 5.56 Å². The Hall–Kier alpha value is -1.60. The third-order valence-corrected chi connectivity index (χ3v) is 5.50. The van der Waals surface area contributed by atoms with Crippen molar-refractivity contribution in [3.05, 3.63) is 29.3 Å². The van der Waals surface area contributed by atoms with Crippen molar-refractivity contribution >= 4 is 15.8 Å². The molecule has 1 atom stereocenters. The minimum atomic E-state index is -2.96. The summed E-state index contributed by atoms with van der Waals surface area (Å²) in [6.07, 6.45) is 0. The second-order valence-electron chi connectivity index (χ2n) is 5.27. The standard InChI is InChI=1S/C14H19NO5S/c1-10-9-21(18,19)6-5-15(10)8-12-7-11(14(16)17)3-4-13(12)20-2/h3-4,7,10H,5-6,8-9H2,1-2H3,(H,16,17). The van der Waals surface area contributed by atoms with Gasteiger partial charge in [-0.3, -0.25) is 4.90 Å². The number of methoxy groups -OCH3 is 1. The number of rotatable bonds is 4. The molecule has 2 rings (SSSR count). The van der Waals surface area contributed by atoms with Gasteiger partial charge in [0.15, 0.2) is 9.84 Å². The summed E-state index contributed by atoms with van der Waals surface area (Å²) in [5.41, 5.74) is 0.951. The molecule has 1 heterocycles. The predicted octanol–water partition coefficient (Wildman–Crippen LogP) is 1.01. The maximum atomic E-state index is 11.6. The van der Waals surface area contributed by atoms with Gasteiger partial charge < -0.3 is 9.84 Å². The SMILES string of the molecule is COc1ccc(C(=O)O)cc1CN1CCS(=O)(=O)CC1C.